The van der Waals surface area contributed by atoms with Crippen LogP contribution < -0.4 is 10.1 Å². The van der Waals surface area contributed by atoms with Crippen LogP contribution in [0.25, 0.3) is 11.0 Å². The largest absolute Gasteiger partial charge is 0.497 e. The highest BCUT2D eigenvalue weighted by atomic mass is 16.5. The number of aryl methyl sites for hydroxylation is 1. The van der Waals surface area contributed by atoms with E-state index in [9.17, 15) is 4.79 Å². The summed E-state index contributed by atoms with van der Waals surface area (Å²) in [7, 11) is 1.62. The van der Waals surface area contributed by atoms with Crippen molar-refractivity contribution in [1.82, 2.24) is 5.32 Å². The fourth-order valence-corrected chi connectivity index (χ4v) is 2.29. The summed E-state index contributed by atoms with van der Waals surface area (Å²) in [5.41, 5.74) is 1.56. The highest BCUT2D eigenvalue weighted by Gasteiger charge is 2.19. The molecule has 0 saturated carbocycles. The van der Waals surface area contributed by atoms with Gasteiger partial charge in [0, 0.05) is 17.0 Å². The predicted octanol–water partition coefficient (Wildman–Crippen LogP) is 3.67. The molecule has 1 amide bonds. The zero-order chi connectivity index (χ0) is 14.7. The summed E-state index contributed by atoms with van der Waals surface area (Å²) in [6, 6.07) is 5.73. The van der Waals surface area contributed by atoms with E-state index >= 15 is 0 Å². The van der Waals surface area contributed by atoms with Crippen molar-refractivity contribution in [3.05, 3.63) is 29.5 Å². The molecule has 0 radical (unpaired) electrons. The van der Waals surface area contributed by atoms with Crippen LogP contribution in [0.2, 0.25) is 0 Å². The van der Waals surface area contributed by atoms with Crippen molar-refractivity contribution in [2.24, 2.45) is 0 Å². The molecule has 0 saturated heterocycles. The molecule has 0 aliphatic carbocycles. The second-order valence-corrected chi connectivity index (χ2v) is 4.91. The molecule has 108 valence electrons. The minimum atomic E-state index is -0.147. The van der Waals surface area contributed by atoms with E-state index in [4.69, 9.17) is 9.15 Å². The molecule has 1 aromatic heterocycles. The van der Waals surface area contributed by atoms with Crippen molar-refractivity contribution in [2.45, 2.75) is 39.7 Å². The summed E-state index contributed by atoms with van der Waals surface area (Å²) in [6.45, 7) is 6.02. The lowest BCUT2D eigenvalue weighted by Gasteiger charge is -2.13. The smallest absolute Gasteiger partial charge is 0.287 e. The number of ether oxygens (including phenoxy) is 1. The molecule has 0 unspecified atom stereocenters. The Labute approximate surface area is 119 Å². The third-order valence-corrected chi connectivity index (χ3v) is 3.67. The van der Waals surface area contributed by atoms with Gasteiger partial charge >= 0.3 is 0 Å². The molecule has 0 fully saturated rings. The normalized spacial score (nSPS) is 11.1. The molecule has 0 atom stereocenters. The van der Waals surface area contributed by atoms with Crippen molar-refractivity contribution < 1.29 is 13.9 Å². The monoisotopic (exact) mass is 275 g/mol. The lowest BCUT2D eigenvalue weighted by atomic mass is 10.1. The first-order valence-electron chi connectivity index (χ1n) is 6.98. The second kappa shape index (κ2) is 5.99. The molecule has 4 heteroatoms. The number of nitrogens with one attached hydrogen (secondary N) is 1. The number of methoxy groups -OCH3 is 1. The molecule has 4 nitrogen and oxygen atoms in total. The molecule has 0 bridgehead atoms. The van der Waals surface area contributed by atoms with E-state index in [1.165, 1.54) is 0 Å². The molecule has 2 rings (SSSR count). The van der Waals surface area contributed by atoms with Crippen molar-refractivity contribution >= 4 is 16.9 Å². The number of carbonyl (C=O) groups is 1. The molecule has 0 aliphatic rings. The van der Waals surface area contributed by atoms with E-state index in [1.54, 1.807) is 7.11 Å². The Kier molecular flexibility index (Phi) is 4.32. The zero-order valence-electron chi connectivity index (χ0n) is 12.4. The van der Waals surface area contributed by atoms with Crippen molar-refractivity contribution in [3.8, 4) is 5.75 Å². The van der Waals surface area contributed by atoms with Gasteiger partial charge < -0.3 is 14.5 Å². The highest BCUT2D eigenvalue weighted by molar-refractivity contribution is 5.99. The lowest BCUT2D eigenvalue weighted by Crippen LogP contribution is -2.33. The van der Waals surface area contributed by atoms with Crippen molar-refractivity contribution in [3.63, 3.8) is 0 Å². The Hall–Kier alpha value is -1.97. The Morgan fingerprint density at radius 1 is 1.35 bits per heavy atom. The molecule has 1 heterocycles. The number of fused-ring (bicyclic) bond motifs is 1. The second-order valence-electron chi connectivity index (χ2n) is 4.91. The number of furan rings is 1. The minimum absolute atomic E-state index is 0.147. The molecule has 1 aromatic carbocycles. The van der Waals surface area contributed by atoms with Gasteiger partial charge in [-0.05, 0) is 38.0 Å². The number of hydrogen-bond acceptors (Lipinski definition) is 3. The third kappa shape index (κ3) is 2.64. The average Bonchev–Trinajstić information content (AvgIpc) is 2.81. The van der Waals surface area contributed by atoms with E-state index in [1.807, 2.05) is 25.1 Å². The summed E-state index contributed by atoms with van der Waals surface area (Å²) in [5.74, 6) is 1.000. The van der Waals surface area contributed by atoms with Crippen LogP contribution in [-0.2, 0) is 0 Å². The maximum Gasteiger partial charge on any atom is 0.287 e. The number of rotatable bonds is 5. The van der Waals surface area contributed by atoms with Crippen LogP contribution in [0.1, 0.15) is 42.8 Å². The van der Waals surface area contributed by atoms with Gasteiger partial charge in [0.1, 0.15) is 11.3 Å². The fourth-order valence-electron chi connectivity index (χ4n) is 2.29. The summed E-state index contributed by atoms with van der Waals surface area (Å²) >= 11 is 0. The van der Waals surface area contributed by atoms with Gasteiger partial charge in [-0.15, -0.1) is 0 Å². The molecular weight excluding hydrogens is 254 g/mol. The first-order chi connectivity index (χ1) is 9.60. The first-order valence-corrected chi connectivity index (χ1v) is 6.98. The van der Waals surface area contributed by atoms with Gasteiger partial charge in [-0.2, -0.15) is 0 Å². The average molecular weight is 275 g/mol. The highest BCUT2D eigenvalue weighted by Crippen LogP contribution is 2.28. The van der Waals surface area contributed by atoms with Gasteiger partial charge in [-0.25, -0.2) is 0 Å². The van der Waals surface area contributed by atoms with Crippen LogP contribution >= 0.6 is 0 Å². The van der Waals surface area contributed by atoms with Gasteiger partial charge in [0.2, 0.25) is 0 Å². The van der Waals surface area contributed by atoms with Crippen molar-refractivity contribution in [2.75, 3.05) is 7.11 Å². The van der Waals surface area contributed by atoms with Gasteiger partial charge in [0.25, 0.3) is 5.91 Å². The summed E-state index contributed by atoms with van der Waals surface area (Å²) in [6.07, 6.45) is 1.82. The van der Waals surface area contributed by atoms with E-state index in [-0.39, 0.29) is 11.9 Å². The Morgan fingerprint density at radius 2 is 2.05 bits per heavy atom. The van der Waals surface area contributed by atoms with E-state index < -0.39 is 0 Å². The van der Waals surface area contributed by atoms with Gasteiger partial charge in [0.15, 0.2) is 5.76 Å². The number of benzene rings is 1. The number of carbonyl (C=O) groups excluding carboxylic acids is 1. The van der Waals surface area contributed by atoms with Gasteiger partial charge in [-0.3, -0.25) is 4.79 Å². The van der Waals surface area contributed by atoms with Crippen molar-refractivity contribution in [1.29, 1.82) is 0 Å². The molecule has 1 N–H and O–H groups in total. The number of hydrogen-bond donors (Lipinski definition) is 1. The van der Waals surface area contributed by atoms with Gasteiger partial charge in [0.05, 0.1) is 7.11 Å². The zero-order valence-corrected chi connectivity index (χ0v) is 12.4. The Morgan fingerprint density at radius 3 is 2.65 bits per heavy atom. The molecule has 0 aliphatic heterocycles. The Balaban J connectivity index is 2.35. The molecule has 20 heavy (non-hydrogen) atoms. The van der Waals surface area contributed by atoms with Gasteiger partial charge in [-0.1, -0.05) is 13.8 Å². The number of amides is 1. The third-order valence-electron chi connectivity index (χ3n) is 3.67. The molecular formula is C16H21NO3. The van der Waals surface area contributed by atoms with Crippen LogP contribution in [0.5, 0.6) is 5.75 Å². The van der Waals surface area contributed by atoms with Crippen LogP contribution in [0.3, 0.4) is 0 Å². The minimum Gasteiger partial charge on any atom is -0.497 e. The molecule has 0 spiro atoms. The first kappa shape index (κ1) is 14.4. The maximum absolute atomic E-state index is 12.3. The SMILES string of the molecule is CCC(CC)NC(=O)c1oc2ccc(OC)cc2c1C. The Bertz CT molecular complexity index is 611. The quantitative estimate of drug-likeness (QED) is 0.905. The summed E-state index contributed by atoms with van der Waals surface area (Å²) in [4.78, 5) is 12.3. The van der Waals surface area contributed by atoms with E-state index in [2.05, 4.69) is 19.2 Å². The van der Waals surface area contributed by atoms with Crippen LogP contribution in [0.15, 0.2) is 22.6 Å². The summed E-state index contributed by atoms with van der Waals surface area (Å²) < 4.78 is 10.9. The fraction of sp³-hybridized carbons (Fsp3) is 0.438. The standard InChI is InChI=1S/C16H21NO3/c1-5-11(6-2)17-16(18)15-10(3)13-9-12(19-4)7-8-14(13)20-15/h7-9,11H,5-6H2,1-4H3,(H,17,18). The van der Waals surface area contributed by atoms with E-state index in [0.717, 1.165) is 29.5 Å². The van der Waals surface area contributed by atoms with E-state index in [0.29, 0.717) is 11.3 Å². The maximum atomic E-state index is 12.3. The van der Waals surface area contributed by atoms with Crippen LogP contribution in [-0.4, -0.2) is 19.1 Å². The lowest BCUT2D eigenvalue weighted by molar-refractivity contribution is 0.0908. The summed E-state index contributed by atoms with van der Waals surface area (Å²) in [5, 5.41) is 3.91. The van der Waals surface area contributed by atoms with Crippen LogP contribution in [0, 0.1) is 6.92 Å². The predicted molar refractivity (Wildman–Crippen MR) is 79.3 cm³/mol. The topological polar surface area (TPSA) is 51.5 Å². The molecule has 2 aromatic rings. The van der Waals surface area contributed by atoms with Crippen LogP contribution in [0.4, 0.5) is 0 Å².